The molecule has 222 valence electrons. The number of hydrogen-bond donors (Lipinski definition) is 1. The van der Waals surface area contributed by atoms with Crippen LogP contribution >= 0.6 is 0 Å². The first-order chi connectivity index (χ1) is 21.2. The zero-order valence-corrected chi connectivity index (χ0v) is 23.9. The lowest BCUT2D eigenvalue weighted by Crippen LogP contribution is -2.56. The first kappa shape index (κ1) is 30.2. The van der Waals surface area contributed by atoms with E-state index in [1.54, 1.807) is 0 Å². The number of aliphatic carboxylic acids is 1. The summed E-state index contributed by atoms with van der Waals surface area (Å²) in [6, 6.07) is 39.2. The molecule has 43 heavy (non-hydrogen) atoms. The Kier molecular flexibility index (Phi) is 11.1. The van der Waals surface area contributed by atoms with Crippen molar-refractivity contribution in [3.05, 3.63) is 155 Å². The van der Waals surface area contributed by atoms with Crippen molar-refractivity contribution in [2.24, 2.45) is 0 Å². The SMILES string of the molecule is O=C(O)C=C1O[C@H](COCc2ccccc2)[C@@H](OCc2ccccc2)[C@H](OCc2ccccc2)[C@@H]1OCc1ccccc1. The van der Waals surface area contributed by atoms with Crippen LogP contribution in [0.1, 0.15) is 22.3 Å². The zero-order chi connectivity index (χ0) is 29.7. The number of rotatable bonds is 14. The van der Waals surface area contributed by atoms with Crippen LogP contribution in [-0.2, 0) is 54.9 Å². The maximum atomic E-state index is 12.0. The molecule has 4 aromatic carbocycles. The molecule has 0 aromatic heterocycles. The predicted octanol–water partition coefficient (Wildman–Crippen LogP) is 6.33. The number of carboxylic acids is 1. The summed E-state index contributed by atoms with van der Waals surface area (Å²) in [5.74, 6) is -0.980. The zero-order valence-electron chi connectivity index (χ0n) is 23.9. The van der Waals surface area contributed by atoms with E-state index in [1.807, 2.05) is 121 Å². The van der Waals surface area contributed by atoms with E-state index in [4.69, 9.17) is 23.7 Å². The van der Waals surface area contributed by atoms with Crippen LogP contribution in [0.2, 0.25) is 0 Å². The van der Waals surface area contributed by atoms with Crippen molar-refractivity contribution in [2.75, 3.05) is 6.61 Å². The molecule has 7 heteroatoms. The highest BCUT2D eigenvalue weighted by atomic mass is 16.6. The number of carboxylic acid groups (broad SMARTS) is 1. The maximum Gasteiger partial charge on any atom is 0.331 e. The van der Waals surface area contributed by atoms with E-state index in [1.165, 1.54) is 0 Å². The van der Waals surface area contributed by atoms with Gasteiger partial charge in [0, 0.05) is 0 Å². The molecule has 0 aliphatic carbocycles. The Hall–Kier alpha value is -4.27. The molecule has 1 heterocycles. The number of ether oxygens (including phenoxy) is 5. The van der Waals surface area contributed by atoms with Gasteiger partial charge in [0.2, 0.25) is 0 Å². The van der Waals surface area contributed by atoms with Crippen molar-refractivity contribution >= 4 is 5.97 Å². The van der Waals surface area contributed by atoms with Gasteiger partial charge in [-0.3, -0.25) is 0 Å². The number of hydrogen-bond acceptors (Lipinski definition) is 6. The van der Waals surface area contributed by atoms with Gasteiger partial charge in [-0.1, -0.05) is 121 Å². The molecule has 0 saturated carbocycles. The molecule has 1 fully saturated rings. The van der Waals surface area contributed by atoms with Crippen molar-refractivity contribution in [3.63, 3.8) is 0 Å². The largest absolute Gasteiger partial charge is 0.486 e. The Morgan fingerprint density at radius 1 is 0.605 bits per heavy atom. The monoisotopic (exact) mass is 580 g/mol. The Balaban J connectivity index is 1.44. The minimum Gasteiger partial charge on any atom is -0.486 e. The van der Waals surface area contributed by atoms with Crippen molar-refractivity contribution in [1.82, 2.24) is 0 Å². The maximum absolute atomic E-state index is 12.0. The van der Waals surface area contributed by atoms with Crippen LogP contribution in [0.25, 0.3) is 0 Å². The number of benzene rings is 4. The van der Waals surface area contributed by atoms with Crippen LogP contribution in [0.4, 0.5) is 0 Å². The molecule has 0 unspecified atom stereocenters. The molecule has 1 saturated heterocycles. The van der Waals surface area contributed by atoms with Gasteiger partial charge in [0.15, 0.2) is 6.10 Å². The van der Waals surface area contributed by atoms with Gasteiger partial charge in [-0.05, 0) is 22.3 Å². The van der Waals surface area contributed by atoms with Crippen LogP contribution in [0.5, 0.6) is 0 Å². The molecule has 0 radical (unpaired) electrons. The normalized spacial score (nSPS) is 20.9. The fraction of sp³-hybridized carbons (Fsp3) is 0.250. The Morgan fingerprint density at radius 3 is 1.49 bits per heavy atom. The van der Waals surface area contributed by atoms with E-state index >= 15 is 0 Å². The molecule has 1 aliphatic rings. The van der Waals surface area contributed by atoms with Gasteiger partial charge in [-0.25, -0.2) is 4.79 Å². The van der Waals surface area contributed by atoms with Gasteiger partial charge in [0.25, 0.3) is 0 Å². The highest BCUT2D eigenvalue weighted by Gasteiger charge is 2.47. The van der Waals surface area contributed by atoms with E-state index in [0.717, 1.165) is 28.3 Å². The van der Waals surface area contributed by atoms with Crippen LogP contribution in [0.15, 0.2) is 133 Å². The smallest absolute Gasteiger partial charge is 0.331 e. The summed E-state index contributed by atoms with van der Waals surface area (Å²) in [5.41, 5.74) is 3.91. The van der Waals surface area contributed by atoms with Gasteiger partial charge < -0.3 is 28.8 Å². The minimum absolute atomic E-state index is 0.155. The molecule has 4 aromatic rings. The minimum atomic E-state index is -1.14. The summed E-state index contributed by atoms with van der Waals surface area (Å²) in [7, 11) is 0. The first-order valence-corrected chi connectivity index (χ1v) is 14.3. The van der Waals surface area contributed by atoms with E-state index in [-0.39, 0.29) is 25.6 Å². The summed E-state index contributed by atoms with van der Waals surface area (Å²) in [6.07, 6.45) is -1.78. The average Bonchev–Trinajstić information content (AvgIpc) is 3.04. The lowest BCUT2D eigenvalue weighted by atomic mass is 9.96. The van der Waals surface area contributed by atoms with E-state index in [9.17, 15) is 9.90 Å². The van der Waals surface area contributed by atoms with Gasteiger partial charge >= 0.3 is 5.97 Å². The molecular weight excluding hydrogens is 544 g/mol. The Morgan fingerprint density at radius 2 is 1.02 bits per heavy atom. The fourth-order valence-electron chi connectivity index (χ4n) is 4.94. The van der Waals surface area contributed by atoms with E-state index in [2.05, 4.69) is 0 Å². The second kappa shape index (κ2) is 15.8. The van der Waals surface area contributed by atoms with Crippen LogP contribution < -0.4 is 0 Å². The summed E-state index contributed by atoms with van der Waals surface area (Å²) in [5, 5.41) is 9.78. The van der Waals surface area contributed by atoms with Crippen molar-refractivity contribution < 1.29 is 33.6 Å². The van der Waals surface area contributed by atoms with Crippen molar-refractivity contribution in [1.29, 1.82) is 0 Å². The van der Waals surface area contributed by atoms with Gasteiger partial charge in [-0.15, -0.1) is 0 Å². The van der Waals surface area contributed by atoms with E-state index < -0.39 is 30.4 Å². The van der Waals surface area contributed by atoms with Crippen molar-refractivity contribution in [3.8, 4) is 0 Å². The van der Waals surface area contributed by atoms with Crippen molar-refractivity contribution in [2.45, 2.75) is 50.8 Å². The molecule has 0 spiro atoms. The molecule has 0 amide bonds. The standard InChI is InChI=1S/C36H36O7/c37-33(38)21-31-34(40-23-28-15-7-2-8-16-28)36(42-25-30-19-11-4-12-20-30)35(41-24-29-17-9-3-10-18-29)32(43-31)26-39-22-27-13-5-1-6-14-27/h1-21,32,34-36H,22-26H2,(H,37,38)/t32-,34-,35-,36-/m1/s1. The highest BCUT2D eigenvalue weighted by Crippen LogP contribution is 2.33. The van der Waals surface area contributed by atoms with Crippen LogP contribution in [0, 0.1) is 0 Å². The first-order valence-electron chi connectivity index (χ1n) is 14.3. The second-order valence-electron chi connectivity index (χ2n) is 10.3. The predicted molar refractivity (Wildman–Crippen MR) is 162 cm³/mol. The molecule has 7 nitrogen and oxygen atoms in total. The Labute approximate surface area is 252 Å². The third kappa shape index (κ3) is 9.11. The quantitative estimate of drug-likeness (QED) is 0.175. The summed E-state index contributed by atoms with van der Waals surface area (Å²) < 4.78 is 31.9. The second-order valence-corrected chi connectivity index (χ2v) is 10.3. The molecule has 0 bridgehead atoms. The lowest BCUT2D eigenvalue weighted by molar-refractivity contribution is -0.223. The van der Waals surface area contributed by atoms with Gasteiger partial charge in [-0.2, -0.15) is 0 Å². The van der Waals surface area contributed by atoms with Crippen LogP contribution in [0.3, 0.4) is 0 Å². The van der Waals surface area contributed by atoms with E-state index in [0.29, 0.717) is 13.2 Å². The fourth-order valence-corrected chi connectivity index (χ4v) is 4.94. The van der Waals surface area contributed by atoms with Gasteiger partial charge in [0.1, 0.15) is 24.1 Å². The molecule has 5 rings (SSSR count). The van der Waals surface area contributed by atoms with Gasteiger partial charge in [0.05, 0.1) is 39.1 Å². The topological polar surface area (TPSA) is 83.5 Å². The molecular formula is C36H36O7. The summed E-state index contributed by atoms with van der Waals surface area (Å²) in [4.78, 5) is 12.0. The summed E-state index contributed by atoms with van der Waals surface area (Å²) in [6.45, 7) is 1.34. The molecule has 4 atom stereocenters. The third-order valence-electron chi connectivity index (χ3n) is 7.06. The number of carbonyl (C=O) groups is 1. The molecule has 1 aliphatic heterocycles. The highest BCUT2D eigenvalue weighted by molar-refractivity contribution is 5.80. The summed E-state index contributed by atoms with van der Waals surface area (Å²) >= 11 is 0. The molecule has 1 N–H and O–H groups in total. The Bertz CT molecular complexity index is 1410. The average molecular weight is 581 g/mol. The van der Waals surface area contributed by atoms with Crippen LogP contribution in [-0.4, -0.2) is 42.1 Å². The third-order valence-corrected chi connectivity index (χ3v) is 7.06. The lowest BCUT2D eigenvalue weighted by Gasteiger charge is -2.43.